The van der Waals surface area contributed by atoms with Crippen molar-refractivity contribution in [3.63, 3.8) is 0 Å². The first-order valence-corrected chi connectivity index (χ1v) is 13.3. The van der Waals surface area contributed by atoms with E-state index in [0.717, 1.165) is 80.8 Å². The van der Waals surface area contributed by atoms with Gasteiger partial charge in [0.15, 0.2) is 13.2 Å². The molecule has 1 saturated carbocycles. The molecule has 2 aromatic heterocycles. The van der Waals surface area contributed by atoms with Crippen LogP contribution >= 0.6 is 11.3 Å². The molecule has 1 fully saturated rings. The predicted octanol–water partition coefficient (Wildman–Crippen LogP) is 4.33. The van der Waals surface area contributed by atoms with Gasteiger partial charge >= 0.3 is 6.18 Å². The van der Waals surface area contributed by atoms with E-state index in [0.29, 0.717) is 11.7 Å². The zero-order chi connectivity index (χ0) is 25.5. The second-order valence-corrected chi connectivity index (χ2v) is 10.6. The average molecular weight is 527 g/mol. The molecule has 0 radical (unpaired) electrons. The molecule has 0 bridgehead atoms. The number of carbonyl (C=O) groups is 1. The van der Waals surface area contributed by atoms with E-state index in [-0.39, 0.29) is 23.7 Å². The molecule has 0 atom stereocenters. The van der Waals surface area contributed by atoms with Crippen LogP contribution in [0.1, 0.15) is 48.4 Å². The highest BCUT2D eigenvalue weighted by Gasteiger charge is 2.30. The number of aromatic nitrogens is 2. The highest BCUT2D eigenvalue weighted by atomic mass is 32.1. The minimum absolute atomic E-state index is 0.00405. The van der Waals surface area contributed by atoms with E-state index in [1.165, 1.54) is 11.3 Å². The lowest BCUT2D eigenvalue weighted by molar-refractivity contribution is -0.153. The Kier molecular flexibility index (Phi) is 9.05. The summed E-state index contributed by atoms with van der Waals surface area (Å²) < 4.78 is 47.5. The van der Waals surface area contributed by atoms with Crippen molar-refractivity contribution in [2.24, 2.45) is 5.92 Å². The highest BCUT2D eigenvalue weighted by molar-refractivity contribution is 7.13. The fraction of sp³-hybridized carbons (Fsp3) is 0.640. The number of halogens is 3. The number of carbonyl (C=O) groups excluding carboxylic acids is 1. The van der Waals surface area contributed by atoms with Gasteiger partial charge in [0, 0.05) is 36.1 Å². The first-order chi connectivity index (χ1) is 17.2. The van der Waals surface area contributed by atoms with Crippen molar-refractivity contribution in [2.75, 3.05) is 32.8 Å². The molecule has 0 spiro atoms. The number of aryl methyl sites for hydroxylation is 1. The van der Waals surface area contributed by atoms with Crippen LogP contribution in [0.2, 0.25) is 0 Å². The maximum Gasteiger partial charge on any atom is 0.422 e. The van der Waals surface area contributed by atoms with Gasteiger partial charge < -0.3 is 19.7 Å². The maximum absolute atomic E-state index is 12.4. The molecular formula is C25H33F3N4O3S. The number of hydrogen-bond acceptors (Lipinski definition) is 7. The van der Waals surface area contributed by atoms with Gasteiger partial charge in [-0.05, 0) is 70.0 Å². The summed E-state index contributed by atoms with van der Waals surface area (Å²) in [5.74, 6) is 1.14. The molecule has 198 valence electrons. The van der Waals surface area contributed by atoms with Crippen LogP contribution in [-0.2, 0) is 17.6 Å². The first-order valence-electron chi connectivity index (χ1n) is 12.5. The van der Waals surface area contributed by atoms with Crippen LogP contribution in [0.3, 0.4) is 0 Å². The summed E-state index contributed by atoms with van der Waals surface area (Å²) in [7, 11) is 0. The molecule has 4 rings (SSSR count). The van der Waals surface area contributed by atoms with E-state index in [9.17, 15) is 18.0 Å². The van der Waals surface area contributed by atoms with E-state index in [1.807, 2.05) is 19.1 Å². The zero-order valence-corrected chi connectivity index (χ0v) is 21.3. The SMILES string of the molecule is Cc1ccc(OCC(=O)N[C@H]2CC[C@H](CCN3CCc4nc(OCC(F)(F)F)sc4CC3)CC2)cn1. The molecule has 0 unspecified atom stereocenters. The summed E-state index contributed by atoms with van der Waals surface area (Å²) in [5.41, 5.74) is 1.78. The number of hydrogen-bond donors (Lipinski definition) is 1. The number of pyridine rings is 1. The van der Waals surface area contributed by atoms with Gasteiger partial charge in [-0.1, -0.05) is 11.3 Å². The van der Waals surface area contributed by atoms with E-state index in [4.69, 9.17) is 9.47 Å². The lowest BCUT2D eigenvalue weighted by atomic mass is 9.84. The Balaban J connectivity index is 1.11. The molecule has 7 nitrogen and oxygen atoms in total. The smallest absolute Gasteiger partial charge is 0.422 e. The van der Waals surface area contributed by atoms with Crippen LogP contribution in [-0.4, -0.2) is 65.8 Å². The number of nitrogens with zero attached hydrogens (tertiary/aromatic N) is 3. The van der Waals surface area contributed by atoms with Crippen molar-refractivity contribution >= 4 is 17.2 Å². The molecule has 1 aliphatic heterocycles. The van der Waals surface area contributed by atoms with Crippen LogP contribution in [0.25, 0.3) is 0 Å². The molecule has 2 aromatic rings. The third-order valence-corrected chi connectivity index (χ3v) is 7.83. The van der Waals surface area contributed by atoms with Crippen molar-refractivity contribution in [3.05, 3.63) is 34.6 Å². The van der Waals surface area contributed by atoms with Gasteiger partial charge in [0.2, 0.25) is 0 Å². The second kappa shape index (κ2) is 12.2. The molecular weight excluding hydrogens is 493 g/mol. The lowest BCUT2D eigenvalue weighted by Crippen LogP contribution is -2.40. The molecule has 0 saturated heterocycles. The Labute approximate surface area is 213 Å². The fourth-order valence-corrected chi connectivity index (χ4v) is 5.68. The molecule has 2 aliphatic rings. The summed E-state index contributed by atoms with van der Waals surface area (Å²) in [5, 5.41) is 3.21. The Bertz CT molecular complexity index is 966. The summed E-state index contributed by atoms with van der Waals surface area (Å²) in [6.07, 6.45) is 4.06. The number of rotatable bonds is 9. The van der Waals surface area contributed by atoms with Crippen molar-refractivity contribution in [1.29, 1.82) is 0 Å². The van der Waals surface area contributed by atoms with Crippen LogP contribution in [0.15, 0.2) is 18.3 Å². The number of ether oxygens (including phenoxy) is 2. The minimum atomic E-state index is -4.35. The summed E-state index contributed by atoms with van der Waals surface area (Å²) >= 11 is 1.24. The van der Waals surface area contributed by atoms with Gasteiger partial charge in [-0.25, -0.2) is 4.98 Å². The van der Waals surface area contributed by atoms with Crippen LogP contribution < -0.4 is 14.8 Å². The van der Waals surface area contributed by atoms with Gasteiger partial charge in [0.25, 0.3) is 11.1 Å². The lowest BCUT2D eigenvalue weighted by Gasteiger charge is -2.30. The largest absolute Gasteiger partial charge is 0.482 e. The van der Waals surface area contributed by atoms with E-state index in [2.05, 4.69) is 20.2 Å². The normalized spacial score (nSPS) is 20.9. The molecule has 1 aliphatic carbocycles. The Morgan fingerprint density at radius 1 is 1.17 bits per heavy atom. The van der Waals surface area contributed by atoms with Gasteiger partial charge in [-0.15, -0.1) is 0 Å². The molecule has 1 amide bonds. The number of alkyl halides is 3. The highest BCUT2D eigenvalue weighted by Crippen LogP contribution is 2.31. The third kappa shape index (κ3) is 8.33. The van der Waals surface area contributed by atoms with E-state index in [1.54, 1.807) is 6.20 Å². The fourth-order valence-electron chi connectivity index (χ4n) is 4.73. The topological polar surface area (TPSA) is 76.6 Å². The maximum atomic E-state index is 12.4. The van der Waals surface area contributed by atoms with Gasteiger partial charge in [-0.2, -0.15) is 13.2 Å². The standard InChI is InChI=1S/C25H33F3N4O3S/c1-17-2-7-20(14-29-17)34-15-23(33)30-19-5-3-18(4-6-19)8-11-32-12-9-21-22(10-13-32)36-24(31-21)35-16-25(26,27)28/h2,7,14,18-19H,3-6,8-13,15-16H2,1H3,(H,30,33)/t18-,19-. The van der Waals surface area contributed by atoms with Gasteiger partial charge in [-0.3, -0.25) is 9.78 Å². The average Bonchev–Trinajstić information content (AvgIpc) is 3.15. The van der Waals surface area contributed by atoms with Crippen LogP contribution in [0.4, 0.5) is 13.2 Å². The molecule has 11 heteroatoms. The van der Waals surface area contributed by atoms with Crippen molar-refractivity contribution in [3.8, 4) is 10.9 Å². The van der Waals surface area contributed by atoms with Crippen LogP contribution in [0, 0.1) is 12.8 Å². The molecule has 1 N–H and O–H groups in total. The summed E-state index contributed by atoms with van der Waals surface area (Å²) in [6.45, 7) is 3.35. The van der Waals surface area contributed by atoms with Gasteiger partial charge in [0.05, 0.1) is 11.9 Å². The Morgan fingerprint density at radius 3 is 2.67 bits per heavy atom. The van der Waals surface area contributed by atoms with Crippen molar-refractivity contribution in [1.82, 2.24) is 20.2 Å². The zero-order valence-electron chi connectivity index (χ0n) is 20.5. The van der Waals surface area contributed by atoms with Crippen molar-refractivity contribution < 1.29 is 27.4 Å². The van der Waals surface area contributed by atoms with Crippen LogP contribution in [0.5, 0.6) is 10.9 Å². The molecule has 3 heterocycles. The number of amides is 1. The first kappa shape index (κ1) is 26.7. The molecule has 0 aromatic carbocycles. The second-order valence-electron chi connectivity index (χ2n) is 9.59. The quantitative estimate of drug-likeness (QED) is 0.524. The minimum Gasteiger partial charge on any atom is -0.482 e. The molecule has 36 heavy (non-hydrogen) atoms. The van der Waals surface area contributed by atoms with E-state index >= 15 is 0 Å². The Hall–Kier alpha value is -2.40. The number of thiazole rings is 1. The number of fused-ring (bicyclic) bond motifs is 1. The van der Waals surface area contributed by atoms with E-state index < -0.39 is 12.8 Å². The van der Waals surface area contributed by atoms with Crippen molar-refractivity contribution in [2.45, 2.75) is 64.1 Å². The third-order valence-electron chi connectivity index (χ3n) is 6.76. The predicted molar refractivity (Wildman–Crippen MR) is 130 cm³/mol. The number of nitrogens with one attached hydrogen (secondary N) is 1. The van der Waals surface area contributed by atoms with Gasteiger partial charge in [0.1, 0.15) is 5.75 Å². The Morgan fingerprint density at radius 2 is 1.94 bits per heavy atom. The summed E-state index contributed by atoms with van der Waals surface area (Å²) in [6, 6.07) is 3.86. The summed E-state index contributed by atoms with van der Waals surface area (Å²) in [4.78, 5) is 24.2. The monoisotopic (exact) mass is 526 g/mol.